The molecule has 88 valence electrons. The summed E-state index contributed by atoms with van der Waals surface area (Å²) in [6.07, 6.45) is 5.92. The quantitative estimate of drug-likeness (QED) is 0.849. The predicted molar refractivity (Wildman–Crippen MR) is 60.0 cm³/mol. The Kier molecular flexibility index (Phi) is 3.39. The molecule has 0 bridgehead atoms. The van der Waals surface area contributed by atoms with E-state index in [0.29, 0.717) is 23.4 Å². The number of ether oxygens (including phenoxy) is 1. The molecule has 0 amide bonds. The van der Waals surface area contributed by atoms with Crippen molar-refractivity contribution >= 4 is 0 Å². The highest BCUT2D eigenvalue weighted by atomic mass is 16.5. The van der Waals surface area contributed by atoms with Crippen LogP contribution in [0.15, 0.2) is 12.4 Å². The van der Waals surface area contributed by atoms with Crippen molar-refractivity contribution in [1.29, 1.82) is 0 Å². The van der Waals surface area contributed by atoms with E-state index in [9.17, 15) is 5.11 Å². The van der Waals surface area contributed by atoms with E-state index in [1.165, 1.54) is 6.42 Å². The van der Waals surface area contributed by atoms with Gasteiger partial charge in [0.25, 0.3) is 0 Å². The molecular formula is C12H18N2O2. The Morgan fingerprint density at radius 2 is 2.12 bits per heavy atom. The zero-order valence-corrected chi connectivity index (χ0v) is 9.76. The second kappa shape index (κ2) is 4.78. The van der Waals surface area contributed by atoms with Crippen molar-refractivity contribution in [1.82, 2.24) is 9.97 Å². The summed E-state index contributed by atoms with van der Waals surface area (Å²) in [6, 6.07) is 0. The zero-order valence-electron chi connectivity index (χ0n) is 9.76. The van der Waals surface area contributed by atoms with Crippen molar-refractivity contribution in [2.45, 2.75) is 32.3 Å². The smallest absolute Gasteiger partial charge is 0.238 e. The molecule has 0 radical (unpaired) electrons. The molecular weight excluding hydrogens is 204 g/mol. The second-order valence-corrected chi connectivity index (χ2v) is 4.57. The Morgan fingerprint density at radius 3 is 2.75 bits per heavy atom. The average molecular weight is 222 g/mol. The molecule has 4 heteroatoms. The summed E-state index contributed by atoms with van der Waals surface area (Å²) in [5.41, 5.74) is 0.573. The molecule has 1 aliphatic carbocycles. The largest absolute Gasteiger partial charge is 0.480 e. The molecule has 1 saturated carbocycles. The van der Waals surface area contributed by atoms with Crippen molar-refractivity contribution in [3.8, 4) is 5.88 Å². The minimum Gasteiger partial charge on any atom is -0.480 e. The van der Waals surface area contributed by atoms with Crippen LogP contribution in [0.4, 0.5) is 0 Å². The topological polar surface area (TPSA) is 55.2 Å². The Labute approximate surface area is 95.7 Å². The molecule has 1 N–H and O–H groups in total. The summed E-state index contributed by atoms with van der Waals surface area (Å²) < 4.78 is 5.12. The van der Waals surface area contributed by atoms with E-state index >= 15 is 0 Å². The second-order valence-electron chi connectivity index (χ2n) is 4.57. The van der Waals surface area contributed by atoms with E-state index in [1.54, 1.807) is 19.5 Å². The van der Waals surface area contributed by atoms with Gasteiger partial charge in [-0.1, -0.05) is 13.3 Å². The van der Waals surface area contributed by atoms with Crippen LogP contribution in [0.3, 0.4) is 0 Å². The number of nitrogens with zero attached hydrogens (tertiary/aromatic N) is 2. The van der Waals surface area contributed by atoms with Crippen LogP contribution in [0.1, 0.15) is 38.0 Å². The standard InChI is InChI=1S/C12H18N2O2/c1-8-3-4-9(7-8)11(15)10-12(16-2)14-6-5-13-10/h5-6,8-9,11,15H,3-4,7H2,1-2H3. The van der Waals surface area contributed by atoms with Crippen LogP contribution in [0.5, 0.6) is 5.88 Å². The monoisotopic (exact) mass is 222 g/mol. The van der Waals surface area contributed by atoms with Crippen LogP contribution in [0.2, 0.25) is 0 Å². The first-order valence-corrected chi connectivity index (χ1v) is 5.75. The van der Waals surface area contributed by atoms with E-state index in [-0.39, 0.29) is 0 Å². The lowest BCUT2D eigenvalue weighted by atomic mass is 9.97. The van der Waals surface area contributed by atoms with Crippen molar-refractivity contribution < 1.29 is 9.84 Å². The lowest BCUT2D eigenvalue weighted by Gasteiger charge is -2.18. The molecule has 1 heterocycles. The highest BCUT2D eigenvalue weighted by molar-refractivity contribution is 5.20. The van der Waals surface area contributed by atoms with Gasteiger partial charge in [-0.2, -0.15) is 0 Å². The van der Waals surface area contributed by atoms with Crippen LogP contribution < -0.4 is 4.74 Å². The number of hydrogen-bond acceptors (Lipinski definition) is 4. The number of aliphatic hydroxyl groups is 1. The maximum Gasteiger partial charge on any atom is 0.238 e. The molecule has 1 aromatic heterocycles. The summed E-state index contributed by atoms with van der Waals surface area (Å²) >= 11 is 0. The van der Waals surface area contributed by atoms with Crippen molar-refractivity contribution in [2.75, 3.05) is 7.11 Å². The number of methoxy groups -OCH3 is 1. The number of hydrogen-bond donors (Lipinski definition) is 1. The van der Waals surface area contributed by atoms with Crippen molar-refractivity contribution in [3.63, 3.8) is 0 Å². The lowest BCUT2D eigenvalue weighted by molar-refractivity contribution is 0.101. The highest BCUT2D eigenvalue weighted by Gasteiger charge is 2.31. The number of aliphatic hydroxyl groups excluding tert-OH is 1. The van der Waals surface area contributed by atoms with Gasteiger partial charge < -0.3 is 9.84 Å². The third-order valence-electron chi connectivity index (χ3n) is 3.35. The van der Waals surface area contributed by atoms with Gasteiger partial charge in [0.2, 0.25) is 5.88 Å². The Hall–Kier alpha value is -1.16. The van der Waals surface area contributed by atoms with Crippen LogP contribution in [0, 0.1) is 11.8 Å². The number of rotatable bonds is 3. The van der Waals surface area contributed by atoms with Crippen LogP contribution in [-0.2, 0) is 0 Å². The number of aromatic nitrogens is 2. The maximum atomic E-state index is 10.3. The summed E-state index contributed by atoms with van der Waals surface area (Å²) in [5.74, 6) is 1.43. The first-order valence-electron chi connectivity index (χ1n) is 5.75. The fourth-order valence-electron chi connectivity index (χ4n) is 2.46. The van der Waals surface area contributed by atoms with Crippen LogP contribution >= 0.6 is 0 Å². The summed E-state index contributed by atoms with van der Waals surface area (Å²) in [6.45, 7) is 2.22. The van der Waals surface area contributed by atoms with Gasteiger partial charge >= 0.3 is 0 Å². The molecule has 3 unspecified atom stereocenters. The zero-order chi connectivity index (χ0) is 11.5. The molecule has 1 fully saturated rings. The van der Waals surface area contributed by atoms with E-state index in [1.807, 2.05) is 0 Å². The molecule has 2 rings (SSSR count). The molecule has 4 nitrogen and oxygen atoms in total. The van der Waals surface area contributed by atoms with Crippen molar-refractivity contribution in [3.05, 3.63) is 18.1 Å². The summed E-state index contributed by atoms with van der Waals surface area (Å²) in [5, 5.41) is 10.3. The molecule has 0 aromatic carbocycles. The predicted octanol–water partition coefficient (Wildman–Crippen LogP) is 1.95. The van der Waals surface area contributed by atoms with Crippen LogP contribution in [0.25, 0.3) is 0 Å². The average Bonchev–Trinajstić information content (AvgIpc) is 2.75. The fourth-order valence-corrected chi connectivity index (χ4v) is 2.46. The SMILES string of the molecule is COc1nccnc1C(O)C1CCC(C)C1. The van der Waals surface area contributed by atoms with E-state index < -0.39 is 6.10 Å². The maximum absolute atomic E-state index is 10.3. The molecule has 1 aliphatic rings. The van der Waals surface area contributed by atoms with E-state index in [2.05, 4.69) is 16.9 Å². The molecule has 16 heavy (non-hydrogen) atoms. The Bertz CT molecular complexity index is 357. The van der Waals surface area contributed by atoms with Gasteiger partial charge in [0, 0.05) is 12.4 Å². The fraction of sp³-hybridized carbons (Fsp3) is 0.667. The molecule has 1 aromatic rings. The first-order chi connectivity index (χ1) is 7.72. The minimum absolute atomic E-state index is 0.292. The third-order valence-corrected chi connectivity index (χ3v) is 3.35. The third kappa shape index (κ3) is 2.16. The summed E-state index contributed by atoms with van der Waals surface area (Å²) in [7, 11) is 1.55. The molecule has 3 atom stereocenters. The molecule has 0 spiro atoms. The van der Waals surface area contributed by atoms with E-state index in [4.69, 9.17) is 4.74 Å². The first kappa shape index (κ1) is 11.3. The highest BCUT2D eigenvalue weighted by Crippen LogP contribution is 2.39. The van der Waals surface area contributed by atoms with Gasteiger partial charge in [0.15, 0.2) is 0 Å². The van der Waals surface area contributed by atoms with Gasteiger partial charge in [0.1, 0.15) is 11.8 Å². The normalized spacial score (nSPS) is 26.7. The van der Waals surface area contributed by atoms with Crippen molar-refractivity contribution in [2.24, 2.45) is 11.8 Å². The van der Waals surface area contributed by atoms with Gasteiger partial charge in [-0.15, -0.1) is 0 Å². The molecule has 0 saturated heterocycles. The Balaban J connectivity index is 2.16. The summed E-state index contributed by atoms with van der Waals surface area (Å²) in [4.78, 5) is 8.25. The van der Waals surface area contributed by atoms with Gasteiger partial charge in [-0.3, -0.25) is 4.98 Å². The van der Waals surface area contributed by atoms with Gasteiger partial charge in [-0.25, -0.2) is 4.98 Å². The molecule has 0 aliphatic heterocycles. The van der Waals surface area contributed by atoms with E-state index in [0.717, 1.165) is 12.8 Å². The Morgan fingerprint density at radius 1 is 1.38 bits per heavy atom. The lowest BCUT2D eigenvalue weighted by Crippen LogP contribution is -2.13. The minimum atomic E-state index is -0.548. The van der Waals surface area contributed by atoms with Gasteiger partial charge in [-0.05, 0) is 24.7 Å². The van der Waals surface area contributed by atoms with Crippen LogP contribution in [-0.4, -0.2) is 22.2 Å². The van der Waals surface area contributed by atoms with Gasteiger partial charge in [0.05, 0.1) is 7.11 Å².